The Labute approximate surface area is 105 Å². The molecule has 0 spiro atoms. The summed E-state index contributed by atoms with van der Waals surface area (Å²) < 4.78 is 0. The maximum Gasteiger partial charge on any atom is 0.239 e. The number of aliphatic hydroxyl groups is 1. The van der Waals surface area contributed by atoms with Crippen LogP contribution in [0.25, 0.3) is 0 Å². The Morgan fingerprint density at radius 1 is 1.65 bits per heavy atom. The van der Waals surface area contributed by atoms with Crippen molar-refractivity contribution in [2.75, 3.05) is 13.6 Å². The molecule has 5 heteroatoms. The fourth-order valence-electron chi connectivity index (χ4n) is 2.05. The summed E-state index contributed by atoms with van der Waals surface area (Å²) in [6, 6.07) is 3.90. The largest absolute Gasteiger partial charge is 0.392 e. The van der Waals surface area contributed by atoms with Crippen LogP contribution in [0, 0.1) is 6.92 Å². The van der Waals surface area contributed by atoms with Crippen molar-refractivity contribution in [3.8, 4) is 0 Å². The smallest absolute Gasteiger partial charge is 0.239 e. The van der Waals surface area contributed by atoms with Crippen LogP contribution in [-0.4, -0.2) is 41.7 Å². The minimum absolute atomic E-state index is 0.0626. The lowest BCUT2D eigenvalue weighted by Gasteiger charge is -2.20. The zero-order valence-corrected chi connectivity index (χ0v) is 11.0. The predicted octanol–water partition coefficient (Wildman–Crippen LogP) is 0.738. The van der Waals surface area contributed by atoms with E-state index in [-0.39, 0.29) is 18.1 Å². The first kappa shape index (κ1) is 12.5. The number of likely N-dealkylation sites (N-methyl/N-ethyl adjacent to an activating group) is 1. The quantitative estimate of drug-likeness (QED) is 0.836. The number of carbonyl (C=O) groups excluding carboxylic acids is 1. The Bertz CT molecular complexity index is 405. The second-order valence-electron chi connectivity index (χ2n) is 4.56. The highest BCUT2D eigenvalue weighted by Crippen LogP contribution is 2.17. The van der Waals surface area contributed by atoms with Crippen LogP contribution in [0.3, 0.4) is 0 Å². The minimum atomic E-state index is -0.388. The van der Waals surface area contributed by atoms with Crippen LogP contribution in [0.2, 0.25) is 0 Å². The molecule has 2 N–H and O–H groups in total. The highest BCUT2D eigenvalue weighted by atomic mass is 32.1. The summed E-state index contributed by atoms with van der Waals surface area (Å²) >= 11 is 1.71. The number of nitrogens with zero attached hydrogens (tertiary/aromatic N) is 1. The van der Waals surface area contributed by atoms with Gasteiger partial charge in [0.05, 0.1) is 18.7 Å². The molecular weight excluding hydrogens is 236 g/mol. The van der Waals surface area contributed by atoms with Gasteiger partial charge in [-0.15, -0.1) is 11.3 Å². The standard InChI is InChI=1S/C12H18N2O2S/c1-8-3-4-10(17-8)7-14(2)12(16)11-5-9(15)6-13-11/h3-4,9,11,13,15H,5-7H2,1-2H3. The number of hydrogen-bond acceptors (Lipinski definition) is 4. The second-order valence-corrected chi connectivity index (χ2v) is 5.93. The number of amides is 1. The topological polar surface area (TPSA) is 52.6 Å². The van der Waals surface area contributed by atoms with Gasteiger partial charge in [-0.1, -0.05) is 0 Å². The van der Waals surface area contributed by atoms with E-state index in [4.69, 9.17) is 0 Å². The Balaban J connectivity index is 1.91. The summed E-state index contributed by atoms with van der Waals surface area (Å²) in [6.07, 6.45) is 0.133. The number of β-amino-alcohol motifs (C(OH)–C–C–N with tert-alkyl or cyclic N) is 1. The zero-order chi connectivity index (χ0) is 12.4. The van der Waals surface area contributed by atoms with Crippen molar-refractivity contribution in [3.05, 3.63) is 21.9 Å². The van der Waals surface area contributed by atoms with E-state index in [1.807, 2.05) is 7.05 Å². The van der Waals surface area contributed by atoms with Gasteiger partial charge in [0.1, 0.15) is 0 Å². The number of nitrogens with one attached hydrogen (secondary N) is 1. The SMILES string of the molecule is Cc1ccc(CN(C)C(=O)C2CC(O)CN2)s1. The second kappa shape index (κ2) is 5.16. The van der Waals surface area contributed by atoms with E-state index in [0.717, 1.165) is 0 Å². The van der Waals surface area contributed by atoms with Crippen molar-refractivity contribution in [3.63, 3.8) is 0 Å². The van der Waals surface area contributed by atoms with Crippen LogP contribution < -0.4 is 5.32 Å². The fourth-order valence-corrected chi connectivity index (χ4v) is 3.00. The van der Waals surface area contributed by atoms with Crippen molar-refractivity contribution < 1.29 is 9.90 Å². The van der Waals surface area contributed by atoms with E-state index in [2.05, 4.69) is 24.4 Å². The lowest BCUT2D eigenvalue weighted by molar-refractivity contribution is -0.132. The maximum atomic E-state index is 12.1. The van der Waals surface area contributed by atoms with Gasteiger partial charge < -0.3 is 15.3 Å². The first-order valence-electron chi connectivity index (χ1n) is 5.78. The van der Waals surface area contributed by atoms with Crippen molar-refractivity contribution >= 4 is 17.2 Å². The molecule has 2 unspecified atom stereocenters. The number of aryl methyl sites for hydroxylation is 1. The van der Waals surface area contributed by atoms with Crippen LogP contribution >= 0.6 is 11.3 Å². The molecule has 17 heavy (non-hydrogen) atoms. The van der Waals surface area contributed by atoms with Crippen LogP contribution in [0.4, 0.5) is 0 Å². The third-order valence-corrected chi connectivity index (χ3v) is 3.96. The third kappa shape index (κ3) is 3.06. The van der Waals surface area contributed by atoms with E-state index in [1.165, 1.54) is 9.75 Å². The lowest BCUT2D eigenvalue weighted by Crippen LogP contribution is -2.41. The third-order valence-electron chi connectivity index (χ3n) is 2.97. The molecule has 1 aliphatic heterocycles. The summed E-state index contributed by atoms with van der Waals surface area (Å²) in [5.41, 5.74) is 0. The number of aliphatic hydroxyl groups excluding tert-OH is 1. The van der Waals surface area contributed by atoms with Gasteiger partial charge in [-0.05, 0) is 25.5 Å². The number of rotatable bonds is 3. The molecule has 2 rings (SSSR count). The molecule has 1 aliphatic rings. The van der Waals surface area contributed by atoms with Crippen LogP contribution in [0.1, 0.15) is 16.2 Å². The van der Waals surface area contributed by atoms with Gasteiger partial charge in [-0.25, -0.2) is 0 Å². The predicted molar refractivity (Wildman–Crippen MR) is 67.9 cm³/mol. The Morgan fingerprint density at radius 3 is 2.94 bits per heavy atom. The molecule has 0 aliphatic carbocycles. The average Bonchev–Trinajstić information content (AvgIpc) is 2.87. The van der Waals surface area contributed by atoms with E-state index in [9.17, 15) is 9.90 Å². The molecule has 1 saturated heterocycles. The van der Waals surface area contributed by atoms with E-state index in [1.54, 1.807) is 16.2 Å². The van der Waals surface area contributed by atoms with Crippen molar-refractivity contribution in [1.82, 2.24) is 10.2 Å². The van der Waals surface area contributed by atoms with E-state index < -0.39 is 0 Å². The number of thiophene rings is 1. The number of carbonyl (C=O) groups is 1. The van der Waals surface area contributed by atoms with E-state index in [0.29, 0.717) is 19.5 Å². The number of hydrogen-bond donors (Lipinski definition) is 2. The monoisotopic (exact) mass is 254 g/mol. The molecule has 2 atom stereocenters. The van der Waals surface area contributed by atoms with Crippen LogP contribution in [0.15, 0.2) is 12.1 Å². The van der Waals surface area contributed by atoms with Gasteiger partial charge in [0.2, 0.25) is 5.91 Å². The van der Waals surface area contributed by atoms with Gasteiger partial charge in [-0.2, -0.15) is 0 Å². The van der Waals surface area contributed by atoms with E-state index >= 15 is 0 Å². The minimum Gasteiger partial charge on any atom is -0.392 e. The van der Waals surface area contributed by atoms with Crippen LogP contribution in [0.5, 0.6) is 0 Å². The van der Waals surface area contributed by atoms with Gasteiger partial charge in [-0.3, -0.25) is 4.79 Å². The van der Waals surface area contributed by atoms with Gasteiger partial charge >= 0.3 is 0 Å². The van der Waals surface area contributed by atoms with Crippen molar-refractivity contribution in [2.24, 2.45) is 0 Å². The summed E-state index contributed by atoms with van der Waals surface area (Å²) in [7, 11) is 1.81. The molecule has 1 aromatic rings. The van der Waals surface area contributed by atoms with Gasteiger partial charge in [0.15, 0.2) is 0 Å². The Kier molecular flexibility index (Phi) is 3.81. The maximum absolute atomic E-state index is 12.1. The molecule has 0 bridgehead atoms. The zero-order valence-electron chi connectivity index (χ0n) is 10.1. The molecule has 0 radical (unpaired) electrons. The summed E-state index contributed by atoms with van der Waals surface area (Å²) in [5.74, 6) is 0.0626. The van der Waals surface area contributed by atoms with Crippen molar-refractivity contribution in [2.45, 2.75) is 32.0 Å². The molecular formula is C12H18N2O2S. The van der Waals surface area contributed by atoms with Crippen molar-refractivity contribution in [1.29, 1.82) is 0 Å². The average molecular weight is 254 g/mol. The molecule has 94 valence electrons. The molecule has 0 saturated carbocycles. The molecule has 1 amide bonds. The Morgan fingerprint density at radius 2 is 2.41 bits per heavy atom. The van der Waals surface area contributed by atoms with Crippen LogP contribution in [-0.2, 0) is 11.3 Å². The highest BCUT2D eigenvalue weighted by molar-refractivity contribution is 7.11. The summed E-state index contributed by atoms with van der Waals surface area (Å²) in [4.78, 5) is 16.2. The van der Waals surface area contributed by atoms with Gasteiger partial charge in [0, 0.05) is 23.3 Å². The summed E-state index contributed by atoms with van der Waals surface area (Å²) in [6.45, 7) is 3.22. The fraction of sp³-hybridized carbons (Fsp3) is 0.583. The lowest BCUT2D eigenvalue weighted by atomic mass is 10.2. The Hall–Kier alpha value is -0.910. The molecule has 0 aromatic carbocycles. The first-order chi connectivity index (χ1) is 8.06. The molecule has 4 nitrogen and oxygen atoms in total. The molecule has 1 aromatic heterocycles. The molecule has 2 heterocycles. The first-order valence-corrected chi connectivity index (χ1v) is 6.59. The normalized spacial score (nSPS) is 23.9. The summed E-state index contributed by atoms with van der Waals surface area (Å²) in [5, 5.41) is 12.4. The molecule has 1 fully saturated rings. The highest BCUT2D eigenvalue weighted by Gasteiger charge is 2.30. The van der Waals surface area contributed by atoms with Gasteiger partial charge in [0.25, 0.3) is 0 Å².